The quantitative estimate of drug-likeness (QED) is 0.0861. The molecule has 0 aliphatic rings. The average molecular weight is 438 g/mol. The first-order chi connectivity index (χ1) is 15.0. The van der Waals surface area contributed by atoms with Crippen LogP contribution in [0.2, 0.25) is 0 Å². The molecule has 0 fully saturated rings. The van der Waals surface area contributed by atoms with Crippen LogP contribution in [0.25, 0.3) is 0 Å². The molecule has 0 saturated heterocycles. The molecule has 0 spiro atoms. The van der Waals surface area contributed by atoms with E-state index in [1.54, 1.807) is 6.92 Å². The summed E-state index contributed by atoms with van der Waals surface area (Å²) in [5.41, 5.74) is 0.493. The maximum atomic E-state index is 11.2. The van der Waals surface area contributed by atoms with Crippen LogP contribution in [0.3, 0.4) is 0 Å². The Bertz CT molecular complexity index is 406. The van der Waals surface area contributed by atoms with E-state index in [0.717, 1.165) is 6.42 Å². The molecule has 0 aromatic rings. The number of unbranched alkanes of at least 4 members (excludes halogenated alkanes) is 19. The number of hydrogen-bond donors (Lipinski definition) is 0. The van der Waals surface area contributed by atoms with E-state index in [1.165, 1.54) is 129 Å². The van der Waals surface area contributed by atoms with Crippen molar-refractivity contribution < 1.29 is 9.53 Å². The number of carbonyl (C=O) groups is 1. The Labute approximate surface area is 195 Å². The molecule has 31 heavy (non-hydrogen) atoms. The van der Waals surface area contributed by atoms with Crippen LogP contribution in [-0.2, 0) is 9.53 Å². The Morgan fingerprint density at radius 3 is 1.16 bits per heavy atom. The van der Waals surface area contributed by atoms with Gasteiger partial charge in [-0.05, 0) is 40.4 Å². The van der Waals surface area contributed by atoms with E-state index in [1.807, 2.05) is 0 Å². The maximum absolute atomic E-state index is 11.2. The highest BCUT2D eigenvalue weighted by molar-refractivity contribution is 5.86. The first kappa shape index (κ1) is 30.2. The standard InChI is InChI=1S/C28H55NO2/c1-27(2)28(30)31-26-24-22-20-18-16-14-12-10-8-6-5-7-9-11-13-15-17-19-21-23-25-29(3)4/h1,5-26H2,2-4H3. The molecule has 0 rings (SSSR count). The van der Waals surface area contributed by atoms with Crippen LogP contribution in [0.5, 0.6) is 0 Å². The van der Waals surface area contributed by atoms with Gasteiger partial charge in [0.2, 0.25) is 0 Å². The highest BCUT2D eigenvalue weighted by Crippen LogP contribution is 2.15. The van der Waals surface area contributed by atoms with Crippen LogP contribution >= 0.6 is 0 Å². The summed E-state index contributed by atoms with van der Waals surface area (Å²) in [7, 11) is 4.33. The molecule has 0 heterocycles. The van der Waals surface area contributed by atoms with E-state index in [9.17, 15) is 4.79 Å². The van der Waals surface area contributed by atoms with Crippen LogP contribution in [0.1, 0.15) is 135 Å². The van der Waals surface area contributed by atoms with Crippen molar-refractivity contribution in [3.8, 4) is 0 Å². The fourth-order valence-corrected chi connectivity index (χ4v) is 4.00. The Morgan fingerprint density at radius 2 is 0.871 bits per heavy atom. The van der Waals surface area contributed by atoms with Gasteiger partial charge in [0.05, 0.1) is 6.61 Å². The van der Waals surface area contributed by atoms with Gasteiger partial charge >= 0.3 is 5.97 Å². The molecule has 0 unspecified atom stereocenters. The average Bonchev–Trinajstić information content (AvgIpc) is 2.73. The third-order valence-corrected chi connectivity index (χ3v) is 6.08. The van der Waals surface area contributed by atoms with Crippen LogP contribution in [0, 0.1) is 0 Å². The summed E-state index contributed by atoms with van der Waals surface area (Å²) in [4.78, 5) is 13.5. The van der Waals surface area contributed by atoms with Gasteiger partial charge in [-0.25, -0.2) is 4.79 Å². The Balaban J connectivity index is 3.06. The van der Waals surface area contributed by atoms with Crippen LogP contribution in [-0.4, -0.2) is 38.1 Å². The Kier molecular flexibility index (Phi) is 23.2. The lowest BCUT2D eigenvalue weighted by Gasteiger charge is -2.08. The van der Waals surface area contributed by atoms with Crippen molar-refractivity contribution in [2.75, 3.05) is 27.2 Å². The summed E-state index contributed by atoms with van der Waals surface area (Å²) in [5, 5.41) is 0. The number of esters is 1. The van der Waals surface area contributed by atoms with Gasteiger partial charge in [-0.1, -0.05) is 122 Å². The summed E-state index contributed by atoms with van der Waals surface area (Å²) < 4.78 is 5.11. The first-order valence-corrected chi connectivity index (χ1v) is 13.5. The van der Waals surface area contributed by atoms with Gasteiger partial charge in [-0.3, -0.25) is 0 Å². The number of hydrogen-bond acceptors (Lipinski definition) is 3. The molecule has 3 heteroatoms. The SMILES string of the molecule is C=C(C)C(=O)OCCCCCCCCCCCCCCCCCCCCCCN(C)C. The predicted molar refractivity (Wildman–Crippen MR) is 137 cm³/mol. The normalized spacial score (nSPS) is 11.2. The van der Waals surface area contributed by atoms with Crippen molar-refractivity contribution in [2.45, 2.75) is 135 Å². The molecule has 0 aromatic heterocycles. The molecule has 0 atom stereocenters. The molecular weight excluding hydrogens is 382 g/mol. The molecule has 0 N–H and O–H groups in total. The van der Waals surface area contributed by atoms with Gasteiger partial charge in [-0.2, -0.15) is 0 Å². The van der Waals surface area contributed by atoms with Gasteiger partial charge < -0.3 is 9.64 Å². The zero-order valence-corrected chi connectivity index (χ0v) is 21.5. The number of carbonyl (C=O) groups excluding carboxylic acids is 1. The molecule has 0 aliphatic heterocycles. The fourth-order valence-electron chi connectivity index (χ4n) is 4.00. The fraction of sp³-hybridized carbons (Fsp3) is 0.893. The summed E-state index contributed by atoms with van der Waals surface area (Å²) in [6.45, 7) is 7.08. The van der Waals surface area contributed by atoms with Crippen molar-refractivity contribution in [3.05, 3.63) is 12.2 Å². The molecular formula is C28H55NO2. The van der Waals surface area contributed by atoms with Crippen molar-refractivity contribution in [2.24, 2.45) is 0 Å². The van der Waals surface area contributed by atoms with E-state index >= 15 is 0 Å². The predicted octanol–water partition coefficient (Wildman–Crippen LogP) is 8.47. The second kappa shape index (κ2) is 23.8. The monoisotopic (exact) mass is 437 g/mol. The highest BCUT2D eigenvalue weighted by atomic mass is 16.5. The van der Waals surface area contributed by atoms with Gasteiger partial charge in [0.15, 0.2) is 0 Å². The molecule has 0 amide bonds. The number of rotatable bonds is 24. The zero-order chi connectivity index (χ0) is 23.0. The molecule has 0 radical (unpaired) electrons. The van der Waals surface area contributed by atoms with Crippen molar-refractivity contribution in [3.63, 3.8) is 0 Å². The molecule has 0 aromatic carbocycles. The lowest BCUT2D eigenvalue weighted by Crippen LogP contribution is -2.12. The molecule has 184 valence electrons. The summed E-state index contributed by atoms with van der Waals surface area (Å²) in [6.07, 6.45) is 27.5. The first-order valence-electron chi connectivity index (χ1n) is 13.5. The van der Waals surface area contributed by atoms with Gasteiger partial charge in [-0.15, -0.1) is 0 Å². The molecule has 0 bridgehead atoms. The third-order valence-electron chi connectivity index (χ3n) is 6.08. The van der Waals surface area contributed by atoms with E-state index in [0.29, 0.717) is 12.2 Å². The summed E-state index contributed by atoms with van der Waals surface area (Å²) >= 11 is 0. The van der Waals surface area contributed by atoms with Crippen molar-refractivity contribution >= 4 is 5.97 Å². The van der Waals surface area contributed by atoms with E-state index in [2.05, 4.69) is 25.6 Å². The minimum atomic E-state index is -0.253. The summed E-state index contributed by atoms with van der Waals surface area (Å²) in [6, 6.07) is 0. The lowest BCUT2D eigenvalue weighted by atomic mass is 10.0. The minimum absolute atomic E-state index is 0.253. The zero-order valence-electron chi connectivity index (χ0n) is 21.5. The largest absolute Gasteiger partial charge is 0.462 e. The smallest absolute Gasteiger partial charge is 0.333 e. The summed E-state index contributed by atoms with van der Waals surface area (Å²) in [5.74, 6) is -0.253. The van der Waals surface area contributed by atoms with E-state index in [4.69, 9.17) is 4.74 Å². The van der Waals surface area contributed by atoms with Gasteiger partial charge in [0, 0.05) is 5.57 Å². The van der Waals surface area contributed by atoms with Crippen LogP contribution in [0.15, 0.2) is 12.2 Å². The second-order valence-electron chi connectivity index (χ2n) is 9.79. The van der Waals surface area contributed by atoms with Crippen molar-refractivity contribution in [1.82, 2.24) is 4.90 Å². The Hall–Kier alpha value is -0.830. The second-order valence-corrected chi connectivity index (χ2v) is 9.79. The van der Waals surface area contributed by atoms with E-state index in [-0.39, 0.29) is 5.97 Å². The number of ether oxygens (including phenoxy) is 1. The topological polar surface area (TPSA) is 29.5 Å². The van der Waals surface area contributed by atoms with Crippen LogP contribution in [0.4, 0.5) is 0 Å². The minimum Gasteiger partial charge on any atom is -0.462 e. The van der Waals surface area contributed by atoms with Crippen LogP contribution < -0.4 is 0 Å². The van der Waals surface area contributed by atoms with Gasteiger partial charge in [0.25, 0.3) is 0 Å². The van der Waals surface area contributed by atoms with Gasteiger partial charge in [0.1, 0.15) is 0 Å². The molecule has 0 aliphatic carbocycles. The van der Waals surface area contributed by atoms with E-state index < -0.39 is 0 Å². The highest BCUT2D eigenvalue weighted by Gasteiger charge is 2.01. The number of nitrogens with zero attached hydrogens (tertiary/aromatic N) is 1. The van der Waals surface area contributed by atoms with Crippen molar-refractivity contribution in [1.29, 1.82) is 0 Å². The molecule has 3 nitrogen and oxygen atoms in total. The third kappa shape index (κ3) is 25.3. The Morgan fingerprint density at radius 1 is 0.581 bits per heavy atom. The molecule has 0 saturated carbocycles. The maximum Gasteiger partial charge on any atom is 0.333 e. The lowest BCUT2D eigenvalue weighted by molar-refractivity contribution is -0.139.